The molecule has 1 fully saturated rings. The molecule has 2 N–H and O–H groups in total. The quantitative estimate of drug-likeness (QED) is 0.852. The Bertz CT molecular complexity index is 757. The average molecular weight is 334 g/mol. The molecule has 1 amide bonds. The second kappa shape index (κ2) is 6.46. The Morgan fingerprint density at radius 1 is 1.22 bits per heavy atom. The van der Waals surface area contributed by atoms with Crippen LogP contribution < -0.4 is 10.1 Å². The fourth-order valence-electron chi connectivity index (χ4n) is 2.53. The normalized spacial score (nSPS) is 15.2. The third-order valence-corrected chi connectivity index (χ3v) is 4.20. The van der Waals surface area contributed by atoms with Crippen LogP contribution >= 0.6 is 11.6 Å². The summed E-state index contributed by atoms with van der Waals surface area (Å²) >= 11 is 6.14. The van der Waals surface area contributed by atoms with E-state index in [1.165, 1.54) is 0 Å². The summed E-state index contributed by atoms with van der Waals surface area (Å²) in [5.74, 6) is -0.868. The van der Waals surface area contributed by atoms with Gasteiger partial charge in [0.15, 0.2) is 6.61 Å². The molecule has 1 unspecified atom stereocenters. The number of hydrogen-bond acceptors (Lipinski definition) is 3. The largest absolute Gasteiger partial charge is 0.483 e. The fraction of sp³-hybridized carbons (Fsp3) is 0.294. The SMILES string of the molecule is O=C(COc1ccc(Cl)c2ccccc12)NC(C(=O)O)C1CC1. The molecule has 0 bridgehead atoms. The zero-order chi connectivity index (χ0) is 16.4. The van der Waals surface area contributed by atoms with Gasteiger partial charge in [-0.05, 0) is 30.9 Å². The predicted molar refractivity (Wildman–Crippen MR) is 86.7 cm³/mol. The van der Waals surface area contributed by atoms with Crippen molar-refractivity contribution in [2.24, 2.45) is 5.92 Å². The number of hydrogen-bond donors (Lipinski definition) is 2. The van der Waals surface area contributed by atoms with E-state index in [0.717, 1.165) is 23.6 Å². The first-order chi connectivity index (χ1) is 11.1. The van der Waals surface area contributed by atoms with Crippen molar-refractivity contribution >= 4 is 34.2 Å². The molecule has 6 heteroatoms. The zero-order valence-corrected chi connectivity index (χ0v) is 13.0. The van der Waals surface area contributed by atoms with E-state index in [-0.39, 0.29) is 12.5 Å². The second-order valence-corrected chi connectivity index (χ2v) is 6.01. The number of carbonyl (C=O) groups excluding carboxylic acids is 1. The lowest BCUT2D eigenvalue weighted by Gasteiger charge is -2.14. The summed E-state index contributed by atoms with van der Waals surface area (Å²) in [6.07, 6.45) is 1.67. The highest BCUT2D eigenvalue weighted by Gasteiger charge is 2.37. The van der Waals surface area contributed by atoms with Crippen molar-refractivity contribution in [1.29, 1.82) is 0 Å². The number of fused-ring (bicyclic) bond motifs is 1. The number of nitrogens with one attached hydrogen (secondary N) is 1. The van der Waals surface area contributed by atoms with Crippen molar-refractivity contribution in [3.05, 3.63) is 41.4 Å². The Balaban J connectivity index is 1.67. The van der Waals surface area contributed by atoms with Crippen LogP contribution in [0.4, 0.5) is 0 Å². The number of benzene rings is 2. The summed E-state index contributed by atoms with van der Waals surface area (Å²) in [6.45, 7) is -0.234. The number of carboxylic acids is 1. The van der Waals surface area contributed by atoms with Crippen molar-refractivity contribution in [2.75, 3.05) is 6.61 Å². The summed E-state index contributed by atoms with van der Waals surface area (Å²) in [5, 5.41) is 13.9. The molecule has 0 aromatic heterocycles. The monoisotopic (exact) mass is 333 g/mol. The number of carbonyl (C=O) groups is 2. The first kappa shape index (κ1) is 15.6. The van der Waals surface area contributed by atoms with Gasteiger partial charge in [-0.15, -0.1) is 0 Å². The van der Waals surface area contributed by atoms with E-state index >= 15 is 0 Å². The number of carboxylic acid groups (broad SMARTS) is 1. The van der Waals surface area contributed by atoms with E-state index in [1.807, 2.05) is 24.3 Å². The minimum atomic E-state index is -1.00. The van der Waals surface area contributed by atoms with E-state index in [9.17, 15) is 9.59 Å². The summed E-state index contributed by atoms with van der Waals surface area (Å²) < 4.78 is 5.55. The Hall–Kier alpha value is -2.27. The van der Waals surface area contributed by atoms with Crippen molar-refractivity contribution in [1.82, 2.24) is 5.32 Å². The molecular weight excluding hydrogens is 318 g/mol. The van der Waals surface area contributed by atoms with E-state index < -0.39 is 17.9 Å². The van der Waals surface area contributed by atoms with Crippen LogP contribution in [0.15, 0.2) is 36.4 Å². The van der Waals surface area contributed by atoms with E-state index in [4.69, 9.17) is 21.4 Å². The van der Waals surface area contributed by atoms with Crippen LogP contribution in [-0.2, 0) is 9.59 Å². The maximum atomic E-state index is 11.9. The van der Waals surface area contributed by atoms with Gasteiger partial charge < -0.3 is 15.2 Å². The highest BCUT2D eigenvalue weighted by molar-refractivity contribution is 6.35. The topological polar surface area (TPSA) is 75.6 Å². The van der Waals surface area contributed by atoms with Crippen molar-refractivity contribution in [2.45, 2.75) is 18.9 Å². The van der Waals surface area contributed by atoms with Gasteiger partial charge in [-0.25, -0.2) is 4.79 Å². The van der Waals surface area contributed by atoms with Crippen LogP contribution in [0.3, 0.4) is 0 Å². The van der Waals surface area contributed by atoms with Gasteiger partial charge in [0.2, 0.25) is 0 Å². The smallest absolute Gasteiger partial charge is 0.326 e. The Morgan fingerprint density at radius 2 is 1.91 bits per heavy atom. The maximum Gasteiger partial charge on any atom is 0.326 e. The molecule has 1 saturated carbocycles. The Labute approximate surface area is 138 Å². The first-order valence-electron chi connectivity index (χ1n) is 7.38. The summed E-state index contributed by atoms with van der Waals surface area (Å²) in [6, 6.07) is 10.1. The Morgan fingerprint density at radius 3 is 2.57 bits per heavy atom. The van der Waals surface area contributed by atoms with Crippen LogP contribution in [0.2, 0.25) is 5.02 Å². The molecular formula is C17H16ClNO4. The molecule has 0 heterocycles. The van der Waals surface area contributed by atoms with Crippen molar-refractivity contribution < 1.29 is 19.4 Å². The number of amides is 1. The molecule has 0 saturated heterocycles. The lowest BCUT2D eigenvalue weighted by molar-refractivity contribution is -0.142. The van der Waals surface area contributed by atoms with Crippen LogP contribution in [0, 0.1) is 5.92 Å². The van der Waals surface area contributed by atoms with Crippen LogP contribution in [-0.4, -0.2) is 29.6 Å². The minimum absolute atomic E-state index is 0.0350. The van der Waals surface area contributed by atoms with E-state index in [0.29, 0.717) is 10.8 Å². The minimum Gasteiger partial charge on any atom is -0.483 e. The Kier molecular flexibility index (Phi) is 4.39. The first-order valence-corrected chi connectivity index (χ1v) is 7.76. The highest BCUT2D eigenvalue weighted by Crippen LogP contribution is 2.33. The molecule has 3 rings (SSSR count). The van der Waals surface area contributed by atoms with Gasteiger partial charge in [-0.1, -0.05) is 35.9 Å². The average Bonchev–Trinajstić information content (AvgIpc) is 3.37. The number of aliphatic carboxylic acids is 1. The maximum absolute atomic E-state index is 11.9. The molecule has 23 heavy (non-hydrogen) atoms. The van der Waals surface area contributed by atoms with Gasteiger partial charge >= 0.3 is 5.97 Å². The summed E-state index contributed by atoms with van der Waals surface area (Å²) in [5.41, 5.74) is 0. The van der Waals surface area contributed by atoms with Crippen molar-refractivity contribution in [3.63, 3.8) is 0 Å². The third kappa shape index (κ3) is 3.56. The van der Waals surface area contributed by atoms with Crippen LogP contribution in [0.5, 0.6) is 5.75 Å². The molecule has 0 spiro atoms. The van der Waals surface area contributed by atoms with Crippen LogP contribution in [0.1, 0.15) is 12.8 Å². The standard InChI is InChI=1S/C17H16ClNO4/c18-13-7-8-14(12-4-2-1-3-11(12)13)23-9-15(20)19-16(17(21)22)10-5-6-10/h1-4,7-8,10,16H,5-6,9H2,(H,19,20)(H,21,22). The molecule has 1 atom stereocenters. The van der Waals surface area contributed by atoms with Crippen molar-refractivity contribution in [3.8, 4) is 5.75 Å². The van der Waals surface area contributed by atoms with Gasteiger partial charge in [-0.2, -0.15) is 0 Å². The lowest BCUT2D eigenvalue weighted by atomic mass is 10.1. The number of rotatable bonds is 6. The zero-order valence-electron chi connectivity index (χ0n) is 12.3. The van der Waals surface area contributed by atoms with Gasteiger partial charge in [0.25, 0.3) is 5.91 Å². The molecule has 2 aromatic rings. The van der Waals surface area contributed by atoms with Gasteiger partial charge in [0, 0.05) is 15.8 Å². The van der Waals surface area contributed by atoms with Gasteiger partial charge in [-0.3, -0.25) is 4.79 Å². The lowest BCUT2D eigenvalue weighted by Crippen LogP contribution is -2.44. The second-order valence-electron chi connectivity index (χ2n) is 5.60. The molecule has 2 aromatic carbocycles. The number of halogens is 1. The molecule has 0 radical (unpaired) electrons. The molecule has 120 valence electrons. The molecule has 5 nitrogen and oxygen atoms in total. The third-order valence-electron chi connectivity index (χ3n) is 3.87. The van der Waals surface area contributed by atoms with E-state index in [2.05, 4.69) is 5.32 Å². The molecule has 0 aliphatic heterocycles. The van der Waals surface area contributed by atoms with Crippen LogP contribution in [0.25, 0.3) is 10.8 Å². The predicted octanol–water partition coefficient (Wildman–Crippen LogP) is 2.85. The summed E-state index contributed by atoms with van der Waals surface area (Å²) in [4.78, 5) is 23.1. The van der Waals surface area contributed by atoms with E-state index in [1.54, 1.807) is 12.1 Å². The van der Waals surface area contributed by atoms with Gasteiger partial charge in [0.05, 0.1) is 0 Å². The number of ether oxygens (including phenoxy) is 1. The van der Waals surface area contributed by atoms with Gasteiger partial charge in [0.1, 0.15) is 11.8 Å². The fourth-order valence-corrected chi connectivity index (χ4v) is 2.76. The molecule has 1 aliphatic carbocycles. The molecule has 1 aliphatic rings. The highest BCUT2D eigenvalue weighted by atomic mass is 35.5. The summed E-state index contributed by atoms with van der Waals surface area (Å²) in [7, 11) is 0.